The summed E-state index contributed by atoms with van der Waals surface area (Å²) < 4.78 is 33.1. The number of methoxy groups -OCH3 is 1. The molecule has 6 nitrogen and oxygen atoms in total. The third-order valence-electron chi connectivity index (χ3n) is 5.07. The van der Waals surface area contributed by atoms with Gasteiger partial charge < -0.3 is 4.74 Å². The van der Waals surface area contributed by atoms with Crippen molar-refractivity contribution in [3.63, 3.8) is 0 Å². The predicted octanol–water partition coefficient (Wildman–Crippen LogP) is 2.59. The number of nitrogens with zero attached hydrogens (tertiary/aromatic N) is 2. The molecule has 0 aliphatic carbocycles. The van der Waals surface area contributed by atoms with Crippen LogP contribution in [0.2, 0.25) is 0 Å². The fourth-order valence-electron chi connectivity index (χ4n) is 3.43. The zero-order chi connectivity index (χ0) is 19.3. The lowest BCUT2D eigenvalue weighted by molar-refractivity contribution is 0.178. The molecule has 2 heterocycles. The fraction of sp³-hybridized carbons (Fsp3) is 0.450. The molecule has 1 aromatic carbocycles. The van der Waals surface area contributed by atoms with Crippen LogP contribution in [0.1, 0.15) is 24.0 Å². The van der Waals surface area contributed by atoms with E-state index in [1.54, 1.807) is 31.5 Å². The Kier molecular flexibility index (Phi) is 6.46. The molecular formula is C20H27N3O3S. The van der Waals surface area contributed by atoms with Crippen molar-refractivity contribution in [2.24, 2.45) is 5.92 Å². The van der Waals surface area contributed by atoms with Gasteiger partial charge in [-0.15, -0.1) is 0 Å². The van der Waals surface area contributed by atoms with Crippen LogP contribution in [0.5, 0.6) is 5.75 Å². The molecule has 146 valence electrons. The van der Waals surface area contributed by atoms with Crippen LogP contribution in [0.25, 0.3) is 0 Å². The molecule has 1 fully saturated rings. The maximum atomic E-state index is 12.6. The maximum absolute atomic E-state index is 12.6. The second-order valence-corrected chi connectivity index (χ2v) is 8.83. The molecular weight excluding hydrogens is 362 g/mol. The summed E-state index contributed by atoms with van der Waals surface area (Å²) >= 11 is 0. The molecule has 7 heteroatoms. The molecule has 0 unspecified atom stereocenters. The van der Waals surface area contributed by atoms with Gasteiger partial charge in [0.2, 0.25) is 10.0 Å². The summed E-state index contributed by atoms with van der Waals surface area (Å²) in [6, 6.07) is 8.98. The second-order valence-electron chi connectivity index (χ2n) is 7.06. The zero-order valence-corrected chi connectivity index (χ0v) is 16.7. The summed E-state index contributed by atoms with van der Waals surface area (Å²) in [7, 11) is -1.92. The van der Waals surface area contributed by atoms with Crippen LogP contribution in [0.4, 0.5) is 0 Å². The van der Waals surface area contributed by atoms with E-state index in [2.05, 4.69) is 20.7 Å². The first-order chi connectivity index (χ1) is 13.0. The molecule has 2 aromatic rings. The van der Waals surface area contributed by atoms with Gasteiger partial charge in [0, 0.05) is 25.5 Å². The number of likely N-dealkylation sites (tertiary alicyclic amines) is 1. The topological polar surface area (TPSA) is 71.5 Å². The van der Waals surface area contributed by atoms with E-state index in [0.29, 0.717) is 18.2 Å². The number of aromatic nitrogens is 1. The number of ether oxygens (including phenoxy) is 1. The average Bonchev–Trinajstić information content (AvgIpc) is 2.68. The minimum absolute atomic E-state index is 0.287. The summed E-state index contributed by atoms with van der Waals surface area (Å²) in [5, 5.41) is 0. The van der Waals surface area contributed by atoms with Crippen molar-refractivity contribution < 1.29 is 13.2 Å². The molecule has 3 rings (SSSR count). The molecule has 0 saturated carbocycles. The highest BCUT2D eigenvalue weighted by atomic mass is 32.2. The van der Waals surface area contributed by atoms with Gasteiger partial charge in [0.1, 0.15) is 5.75 Å². The highest BCUT2D eigenvalue weighted by Gasteiger charge is 2.22. The first-order valence-electron chi connectivity index (χ1n) is 9.23. The molecule has 27 heavy (non-hydrogen) atoms. The molecule has 1 aliphatic heterocycles. The Morgan fingerprint density at radius 3 is 2.67 bits per heavy atom. The highest BCUT2D eigenvalue weighted by molar-refractivity contribution is 7.89. The number of benzene rings is 1. The lowest BCUT2D eigenvalue weighted by atomic mass is 9.97. The van der Waals surface area contributed by atoms with E-state index in [1.807, 2.05) is 19.2 Å². The largest absolute Gasteiger partial charge is 0.496 e. The minimum Gasteiger partial charge on any atom is -0.496 e. The molecule has 1 aliphatic rings. The summed E-state index contributed by atoms with van der Waals surface area (Å²) in [4.78, 5) is 6.84. The first kappa shape index (κ1) is 19.8. The van der Waals surface area contributed by atoms with E-state index in [1.165, 1.54) is 5.56 Å². The predicted molar refractivity (Wildman–Crippen MR) is 105 cm³/mol. The molecule has 0 radical (unpaired) electrons. The van der Waals surface area contributed by atoms with E-state index in [4.69, 9.17) is 4.74 Å². The highest BCUT2D eigenvalue weighted by Crippen LogP contribution is 2.22. The van der Waals surface area contributed by atoms with Gasteiger partial charge in [0.15, 0.2) is 0 Å². The Balaban J connectivity index is 1.50. The van der Waals surface area contributed by atoms with Crippen molar-refractivity contribution in [1.29, 1.82) is 0 Å². The number of sulfonamides is 1. The Bertz CT molecular complexity index is 848. The van der Waals surface area contributed by atoms with Crippen molar-refractivity contribution in [2.75, 3.05) is 26.7 Å². The van der Waals surface area contributed by atoms with Crippen LogP contribution in [0.3, 0.4) is 0 Å². The number of aryl methyl sites for hydroxylation is 1. The second kappa shape index (κ2) is 8.82. The standard InChI is InChI=1S/C20H27N3O3S/c1-16-12-19(5-6-20(16)26-2)27(24,25)22-14-17-7-10-23(11-8-17)15-18-4-3-9-21-13-18/h3-6,9,12-13,17,22H,7-8,10-11,14-15H2,1-2H3. The van der Waals surface area contributed by atoms with Gasteiger partial charge in [-0.1, -0.05) is 6.07 Å². The normalized spacial score (nSPS) is 16.4. The summed E-state index contributed by atoms with van der Waals surface area (Å²) in [6.45, 7) is 5.17. The molecule has 1 N–H and O–H groups in total. The van der Waals surface area contributed by atoms with Crippen LogP contribution in [-0.4, -0.2) is 45.0 Å². The van der Waals surface area contributed by atoms with Gasteiger partial charge in [0.25, 0.3) is 0 Å². The number of hydrogen-bond donors (Lipinski definition) is 1. The van der Waals surface area contributed by atoms with E-state index in [0.717, 1.165) is 38.0 Å². The number of nitrogens with one attached hydrogen (secondary N) is 1. The van der Waals surface area contributed by atoms with Gasteiger partial charge in [0.05, 0.1) is 12.0 Å². The maximum Gasteiger partial charge on any atom is 0.240 e. The number of piperidine rings is 1. The Labute approximate surface area is 161 Å². The lowest BCUT2D eigenvalue weighted by Crippen LogP contribution is -2.38. The third-order valence-corrected chi connectivity index (χ3v) is 6.50. The molecule has 0 bridgehead atoms. The smallest absolute Gasteiger partial charge is 0.240 e. The first-order valence-corrected chi connectivity index (χ1v) is 10.7. The monoisotopic (exact) mass is 389 g/mol. The van der Waals surface area contributed by atoms with Crippen molar-refractivity contribution >= 4 is 10.0 Å². The summed E-state index contributed by atoms with van der Waals surface area (Å²) in [5.41, 5.74) is 2.02. The van der Waals surface area contributed by atoms with Crippen LogP contribution >= 0.6 is 0 Å². The molecule has 0 atom stereocenters. The van der Waals surface area contributed by atoms with Crippen LogP contribution in [-0.2, 0) is 16.6 Å². The van der Waals surface area contributed by atoms with Crippen LogP contribution in [0, 0.1) is 12.8 Å². The van der Waals surface area contributed by atoms with Crippen LogP contribution in [0.15, 0.2) is 47.6 Å². The summed E-state index contributed by atoms with van der Waals surface area (Å²) in [6.07, 6.45) is 5.66. The van der Waals surface area contributed by atoms with Crippen molar-refractivity contribution in [1.82, 2.24) is 14.6 Å². The number of hydrogen-bond acceptors (Lipinski definition) is 5. The lowest BCUT2D eigenvalue weighted by Gasteiger charge is -2.31. The van der Waals surface area contributed by atoms with Crippen LogP contribution < -0.4 is 9.46 Å². The van der Waals surface area contributed by atoms with E-state index in [9.17, 15) is 8.42 Å². The minimum atomic E-state index is -3.50. The van der Waals surface area contributed by atoms with Gasteiger partial charge in [-0.25, -0.2) is 13.1 Å². The number of pyridine rings is 1. The van der Waals surface area contributed by atoms with Crippen molar-refractivity contribution in [3.8, 4) is 5.75 Å². The molecule has 1 saturated heterocycles. The molecule has 0 amide bonds. The van der Waals surface area contributed by atoms with E-state index in [-0.39, 0.29) is 4.90 Å². The van der Waals surface area contributed by atoms with Crippen molar-refractivity contribution in [3.05, 3.63) is 53.9 Å². The van der Waals surface area contributed by atoms with Crippen molar-refractivity contribution in [2.45, 2.75) is 31.2 Å². The quantitative estimate of drug-likeness (QED) is 0.788. The third kappa shape index (κ3) is 5.28. The van der Waals surface area contributed by atoms with E-state index >= 15 is 0 Å². The molecule has 1 aromatic heterocycles. The van der Waals surface area contributed by atoms with Gasteiger partial charge in [-0.3, -0.25) is 9.88 Å². The molecule has 0 spiro atoms. The average molecular weight is 390 g/mol. The summed E-state index contributed by atoms with van der Waals surface area (Å²) in [5.74, 6) is 1.05. The van der Waals surface area contributed by atoms with Gasteiger partial charge in [-0.2, -0.15) is 0 Å². The Hall–Kier alpha value is -1.96. The zero-order valence-electron chi connectivity index (χ0n) is 15.9. The SMILES string of the molecule is COc1ccc(S(=O)(=O)NCC2CCN(Cc3cccnc3)CC2)cc1C. The van der Waals surface area contributed by atoms with Gasteiger partial charge in [-0.05, 0) is 74.2 Å². The fourth-order valence-corrected chi connectivity index (χ4v) is 4.63. The van der Waals surface area contributed by atoms with Gasteiger partial charge >= 0.3 is 0 Å². The number of rotatable bonds is 7. The van der Waals surface area contributed by atoms with E-state index < -0.39 is 10.0 Å². The Morgan fingerprint density at radius 2 is 2.04 bits per heavy atom. The Morgan fingerprint density at radius 1 is 1.26 bits per heavy atom.